The van der Waals surface area contributed by atoms with Crippen LogP contribution in [0.1, 0.15) is 5.56 Å². The van der Waals surface area contributed by atoms with Crippen LogP contribution in [0.4, 0.5) is 0 Å². The van der Waals surface area contributed by atoms with Crippen LogP contribution in [0.5, 0.6) is 5.75 Å². The zero-order valence-electron chi connectivity index (χ0n) is 13.5. The first-order chi connectivity index (χ1) is 12.1. The van der Waals surface area contributed by atoms with Gasteiger partial charge in [0.2, 0.25) is 5.91 Å². The first-order valence-corrected chi connectivity index (χ1v) is 7.99. The summed E-state index contributed by atoms with van der Waals surface area (Å²) >= 11 is 5.93. The standard InChI is InChI=1S/C18H16ClN3O3/c1-25-14-4-2-3-12(7-14)9-20-17(23)10-22-11-21-16-6-5-13(19)8-15(16)18(22)24/h2-8,11H,9-10H2,1H3,(H,20,23). The van der Waals surface area contributed by atoms with Crippen LogP contribution in [-0.2, 0) is 17.9 Å². The van der Waals surface area contributed by atoms with E-state index >= 15 is 0 Å². The van der Waals surface area contributed by atoms with E-state index in [1.165, 1.54) is 10.9 Å². The minimum atomic E-state index is -0.302. The van der Waals surface area contributed by atoms with Crippen LogP contribution in [0.2, 0.25) is 5.02 Å². The van der Waals surface area contributed by atoms with Crippen molar-refractivity contribution in [3.63, 3.8) is 0 Å². The molecule has 0 aliphatic heterocycles. The molecule has 7 heteroatoms. The van der Waals surface area contributed by atoms with Crippen molar-refractivity contribution >= 4 is 28.4 Å². The quantitative estimate of drug-likeness (QED) is 0.761. The zero-order valence-corrected chi connectivity index (χ0v) is 14.3. The maximum absolute atomic E-state index is 12.4. The van der Waals surface area contributed by atoms with Crippen molar-refractivity contribution in [2.75, 3.05) is 7.11 Å². The van der Waals surface area contributed by atoms with Gasteiger partial charge in [0.15, 0.2) is 0 Å². The molecular formula is C18H16ClN3O3. The van der Waals surface area contributed by atoms with Crippen LogP contribution in [0.15, 0.2) is 53.6 Å². The Bertz CT molecular complexity index is 985. The number of halogens is 1. The maximum atomic E-state index is 12.4. The van der Waals surface area contributed by atoms with Crippen molar-refractivity contribution in [2.24, 2.45) is 0 Å². The van der Waals surface area contributed by atoms with E-state index in [9.17, 15) is 9.59 Å². The molecule has 0 spiro atoms. The van der Waals surface area contributed by atoms with Gasteiger partial charge in [-0.05, 0) is 35.9 Å². The molecule has 25 heavy (non-hydrogen) atoms. The molecule has 0 aliphatic carbocycles. The number of carbonyl (C=O) groups excluding carboxylic acids is 1. The highest BCUT2D eigenvalue weighted by atomic mass is 35.5. The molecule has 0 aliphatic rings. The fraction of sp³-hybridized carbons (Fsp3) is 0.167. The smallest absolute Gasteiger partial charge is 0.261 e. The van der Waals surface area contributed by atoms with Gasteiger partial charge in [-0.3, -0.25) is 14.2 Å². The summed E-state index contributed by atoms with van der Waals surface area (Å²) in [6.07, 6.45) is 1.36. The van der Waals surface area contributed by atoms with Crippen LogP contribution in [0.25, 0.3) is 10.9 Å². The Balaban J connectivity index is 1.71. The van der Waals surface area contributed by atoms with Gasteiger partial charge in [0, 0.05) is 11.6 Å². The Hall–Kier alpha value is -2.86. The fourth-order valence-corrected chi connectivity index (χ4v) is 2.61. The Morgan fingerprint density at radius 3 is 2.92 bits per heavy atom. The summed E-state index contributed by atoms with van der Waals surface area (Å²) in [7, 11) is 1.59. The lowest BCUT2D eigenvalue weighted by Gasteiger charge is -2.09. The molecule has 0 saturated carbocycles. The number of carbonyl (C=O) groups is 1. The normalized spacial score (nSPS) is 10.6. The predicted molar refractivity (Wildman–Crippen MR) is 95.9 cm³/mol. The van der Waals surface area contributed by atoms with Crippen LogP contribution >= 0.6 is 11.6 Å². The van der Waals surface area contributed by atoms with Gasteiger partial charge < -0.3 is 10.1 Å². The van der Waals surface area contributed by atoms with Gasteiger partial charge in [-0.2, -0.15) is 0 Å². The third-order valence-electron chi connectivity index (χ3n) is 3.72. The molecule has 0 atom stereocenters. The molecule has 1 amide bonds. The summed E-state index contributed by atoms with van der Waals surface area (Å²) < 4.78 is 6.41. The first kappa shape index (κ1) is 17.0. The molecule has 0 unspecified atom stereocenters. The highest BCUT2D eigenvalue weighted by Gasteiger charge is 2.09. The van der Waals surface area contributed by atoms with E-state index in [2.05, 4.69) is 10.3 Å². The van der Waals surface area contributed by atoms with Gasteiger partial charge in [0.1, 0.15) is 12.3 Å². The number of methoxy groups -OCH3 is 1. The molecule has 0 fully saturated rings. The lowest BCUT2D eigenvalue weighted by atomic mass is 10.2. The van der Waals surface area contributed by atoms with Crippen molar-refractivity contribution in [3.05, 3.63) is 69.7 Å². The molecule has 0 radical (unpaired) electrons. The molecule has 0 saturated heterocycles. The average Bonchev–Trinajstić information content (AvgIpc) is 2.63. The van der Waals surface area contributed by atoms with E-state index in [-0.39, 0.29) is 18.0 Å². The van der Waals surface area contributed by atoms with E-state index in [1.54, 1.807) is 25.3 Å². The minimum absolute atomic E-state index is 0.113. The topological polar surface area (TPSA) is 73.2 Å². The van der Waals surface area contributed by atoms with E-state index in [1.807, 2.05) is 24.3 Å². The highest BCUT2D eigenvalue weighted by molar-refractivity contribution is 6.31. The third kappa shape index (κ3) is 3.97. The molecule has 3 rings (SSSR count). The molecule has 1 N–H and O–H groups in total. The summed E-state index contributed by atoms with van der Waals surface area (Å²) in [6, 6.07) is 12.3. The van der Waals surface area contributed by atoms with Crippen LogP contribution in [0.3, 0.4) is 0 Å². The number of rotatable bonds is 5. The number of hydrogen-bond acceptors (Lipinski definition) is 4. The average molecular weight is 358 g/mol. The van der Waals surface area contributed by atoms with Crippen molar-refractivity contribution in [1.29, 1.82) is 0 Å². The summed E-state index contributed by atoms with van der Waals surface area (Å²) in [5.41, 5.74) is 1.15. The molecule has 3 aromatic rings. The van der Waals surface area contributed by atoms with Crippen molar-refractivity contribution in [2.45, 2.75) is 13.1 Å². The Labute approximate surface area is 149 Å². The lowest BCUT2D eigenvalue weighted by molar-refractivity contribution is -0.121. The zero-order chi connectivity index (χ0) is 17.8. The highest BCUT2D eigenvalue weighted by Crippen LogP contribution is 2.14. The number of aromatic nitrogens is 2. The second-order valence-electron chi connectivity index (χ2n) is 5.47. The second-order valence-corrected chi connectivity index (χ2v) is 5.90. The molecule has 2 aromatic carbocycles. The van der Waals surface area contributed by atoms with E-state index in [0.29, 0.717) is 22.5 Å². The number of nitrogens with one attached hydrogen (secondary N) is 1. The van der Waals surface area contributed by atoms with E-state index in [0.717, 1.165) is 11.3 Å². The second kappa shape index (κ2) is 7.36. The van der Waals surface area contributed by atoms with Crippen LogP contribution in [0, 0.1) is 0 Å². The number of benzene rings is 2. The van der Waals surface area contributed by atoms with Gasteiger partial charge in [-0.25, -0.2) is 4.98 Å². The largest absolute Gasteiger partial charge is 0.497 e. The SMILES string of the molecule is COc1cccc(CNC(=O)Cn2cnc3ccc(Cl)cc3c2=O)c1. The van der Waals surface area contributed by atoms with Crippen molar-refractivity contribution in [1.82, 2.24) is 14.9 Å². The summed E-state index contributed by atoms with van der Waals surface area (Å²) in [5, 5.41) is 3.61. The molecule has 6 nitrogen and oxygen atoms in total. The molecule has 1 aromatic heterocycles. The van der Waals surface area contributed by atoms with Gasteiger partial charge >= 0.3 is 0 Å². The molecule has 128 valence electrons. The van der Waals surface area contributed by atoms with E-state index in [4.69, 9.17) is 16.3 Å². The monoisotopic (exact) mass is 357 g/mol. The number of amides is 1. The molecule has 1 heterocycles. The van der Waals surface area contributed by atoms with Crippen molar-refractivity contribution < 1.29 is 9.53 Å². The number of hydrogen-bond donors (Lipinski definition) is 1. The van der Waals surface area contributed by atoms with Gasteiger partial charge in [-0.1, -0.05) is 23.7 Å². The Morgan fingerprint density at radius 1 is 1.28 bits per heavy atom. The molecule has 0 bridgehead atoms. The predicted octanol–water partition coefficient (Wildman–Crippen LogP) is 2.37. The summed E-state index contributed by atoms with van der Waals surface area (Å²) in [6.45, 7) is 0.232. The lowest BCUT2D eigenvalue weighted by Crippen LogP contribution is -2.32. The minimum Gasteiger partial charge on any atom is -0.497 e. The maximum Gasteiger partial charge on any atom is 0.261 e. The van der Waals surface area contributed by atoms with Gasteiger partial charge in [0.25, 0.3) is 5.56 Å². The van der Waals surface area contributed by atoms with Gasteiger partial charge in [0.05, 0.1) is 24.3 Å². The van der Waals surface area contributed by atoms with Crippen molar-refractivity contribution in [3.8, 4) is 5.75 Å². The van der Waals surface area contributed by atoms with Crippen LogP contribution in [-0.4, -0.2) is 22.6 Å². The summed E-state index contributed by atoms with van der Waals surface area (Å²) in [5.74, 6) is 0.437. The molecular weight excluding hydrogens is 342 g/mol. The number of fused-ring (bicyclic) bond motifs is 1. The first-order valence-electron chi connectivity index (χ1n) is 7.61. The summed E-state index contributed by atoms with van der Waals surface area (Å²) in [4.78, 5) is 28.8. The number of nitrogens with zero attached hydrogens (tertiary/aromatic N) is 2. The van der Waals surface area contributed by atoms with Crippen LogP contribution < -0.4 is 15.6 Å². The van der Waals surface area contributed by atoms with Gasteiger partial charge in [-0.15, -0.1) is 0 Å². The van der Waals surface area contributed by atoms with E-state index < -0.39 is 0 Å². The Morgan fingerprint density at radius 2 is 2.12 bits per heavy atom. The number of ether oxygens (including phenoxy) is 1. The third-order valence-corrected chi connectivity index (χ3v) is 3.96. The Kier molecular flexibility index (Phi) is 5.00. The fourth-order valence-electron chi connectivity index (χ4n) is 2.44.